The predicted molar refractivity (Wildman–Crippen MR) is 104 cm³/mol. The number of hydrogen-bond acceptors (Lipinski definition) is 5. The van der Waals surface area contributed by atoms with Crippen molar-refractivity contribution in [3.05, 3.63) is 59.0 Å². The fraction of sp³-hybridized carbons (Fsp3) is 0.333. The van der Waals surface area contributed by atoms with E-state index in [9.17, 15) is 19.2 Å². The Morgan fingerprint density at radius 2 is 1.86 bits per heavy atom. The molecule has 0 spiro atoms. The van der Waals surface area contributed by atoms with Gasteiger partial charge in [0.1, 0.15) is 5.76 Å². The van der Waals surface area contributed by atoms with E-state index in [1.54, 1.807) is 19.1 Å². The van der Waals surface area contributed by atoms with Crippen molar-refractivity contribution in [2.24, 2.45) is 0 Å². The zero-order valence-corrected chi connectivity index (χ0v) is 16.6. The van der Waals surface area contributed by atoms with Crippen molar-refractivity contribution >= 4 is 23.6 Å². The molecule has 1 aromatic carbocycles. The third-order valence-electron chi connectivity index (χ3n) is 4.56. The van der Waals surface area contributed by atoms with Gasteiger partial charge in [-0.3, -0.25) is 24.1 Å². The summed E-state index contributed by atoms with van der Waals surface area (Å²) in [6, 6.07) is 7.74. The summed E-state index contributed by atoms with van der Waals surface area (Å²) in [5, 5.41) is 2.75. The second-order valence-electron chi connectivity index (χ2n) is 7.08. The lowest BCUT2D eigenvalue weighted by atomic mass is 10.0. The number of furan rings is 1. The minimum absolute atomic E-state index is 0.0269. The van der Waals surface area contributed by atoms with E-state index >= 15 is 0 Å². The first kappa shape index (κ1) is 20.3. The Balaban J connectivity index is 1.79. The molecule has 8 heteroatoms. The summed E-state index contributed by atoms with van der Waals surface area (Å²) in [7, 11) is 0. The number of hydrogen-bond donors (Lipinski definition) is 1. The number of imide groups is 1. The van der Waals surface area contributed by atoms with Crippen molar-refractivity contribution in [3.8, 4) is 0 Å². The van der Waals surface area contributed by atoms with Gasteiger partial charge in [-0.1, -0.05) is 0 Å². The van der Waals surface area contributed by atoms with Crippen LogP contribution in [-0.4, -0.2) is 52.6 Å². The molecule has 0 saturated carbocycles. The normalized spacial score (nSPS) is 13.0. The maximum absolute atomic E-state index is 12.8. The van der Waals surface area contributed by atoms with Crippen LogP contribution in [0.4, 0.5) is 0 Å². The molecule has 0 aliphatic carbocycles. The molecule has 0 fully saturated rings. The van der Waals surface area contributed by atoms with E-state index in [-0.39, 0.29) is 47.6 Å². The van der Waals surface area contributed by atoms with Crippen LogP contribution in [0.1, 0.15) is 57.6 Å². The van der Waals surface area contributed by atoms with Gasteiger partial charge in [0.2, 0.25) is 5.91 Å². The van der Waals surface area contributed by atoms with Crippen molar-refractivity contribution in [2.75, 3.05) is 13.1 Å². The summed E-state index contributed by atoms with van der Waals surface area (Å²) >= 11 is 0. The molecule has 2 aromatic rings. The Morgan fingerprint density at radius 3 is 2.48 bits per heavy atom. The summed E-state index contributed by atoms with van der Waals surface area (Å²) in [6.07, 6.45) is 1.47. The van der Waals surface area contributed by atoms with E-state index in [0.29, 0.717) is 12.3 Å². The predicted octanol–water partition coefficient (Wildman–Crippen LogP) is 2.06. The largest absolute Gasteiger partial charge is 0.467 e. The monoisotopic (exact) mass is 397 g/mol. The molecule has 1 aliphatic rings. The topological polar surface area (TPSA) is 99.9 Å². The molecule has 3 rings (SSSR count). The summed E-state index contributed by atoms with van der Waals surface area (Å²) in [6.45, 7) is 5.73. The smallest absolute Gasteiger partial charge is 0.261 e. The Kier molecular flexibility index (Phi) is 5.81. The molecule has 1 N–H and O–H groups in total. The number of fused-ring (bicyclic) bond motifs is 1. The second-order valence-corrected chi connectivity index (χ2v) is 7.08. The quantitative estimate of drug-likeness (QED) is 0.721. The minimum Gasteiger partial charge on any atom is -0.467 e. The average Bonchev–Trinajstić information content (AvgIpc) is 3.28. The minimum atomic E-state index is -0.475. The molecule has 4 amide bonds. The van der Waals surface area contributed by atoms with Crippen molar-refractivity contribution in [2.45, 2.75) is 33.4 Å². The number of carbonyl (C=O) groups excluding carboxylic acids is 4. The Labute approximate surface area is 168 Å². The zero-order chi connectivity index (χ0) is 21.1. The van der Waals surface area contributed by atoms with Gasteiger partial charge in [0, 0.05) is 18.2 Å². The van der Waals surface area contributed by atoms with Crippen LogP contribution in [0.15, 0.2) is 41.0 Å². The van der Waals surface area contributed by atoms with E-state index in [1.165, 1.54) is 29.4 Å². The number of rotatable bonds is 7. The molecule has 0 unspecified atom stereocenters. The lowest BCUT2D eigenvalue weighted by Gasteiger charge is -2.21. The summed E-state index contributed by atoms with van der Waals surface area (Å²) in [5.41, 5.74) is 0.678. The first-order chi connectivity index (χ1) is 13.8. The van der Waals surface area contributed by atoms with Gasteiger partial charge in [-0.2, -0.15) is 0 Å². The fourth-order valence-electron chi connectivity index (χ4n) is 3.18. The Bertz CT molecular complexity index is 949. The maximum atomic E-state index is 12.8. The van der Waals surface area contributed by atoms with E-state index < -0.39 is 11.8 Å². The molecule has 8 nitrogen and oxygen atoms in total. The van der Waals surface area contributed by atoms with Crippen LogP contribution in [0.3, 0.4) is 0 Å². The molecule has 1 aliphatic heterocycles. The van der Waals surface area contributed by atoms with E-state index in [2.05, 4.69) is 5.32 Å². The molecule has 2 heterocycles. The van der Waals surface area contributed by atoms with Gasteiger partial charge in [-0.15, -0.1) is 0 Å². The number of amides is 4. The first-order valence-corrected chi connectivity index (χ1v) is 9.43. The molecule has 0 radical (unpaired) electrons. The molecule has 0 saturated heterocycles. The zero-order valence-electron chi connectivity index (χ0n) is 16.6. The van der Waals surface area contributed by atoms with Gasteiger partial charge in [0.15, 0.2) is 0 Å². The van der Waals surface area contributed by atoms with E-state index in [4.69, 9.17) is 4.42 Å². The van der Waals surface area contributed by atoms with Crippen molar-refractivity contribution in [3.63, 3.8) is 0 Å². The molecule has 0 atom stereocenters. The lowest BCUT2D eigenvalue weighted by molar-refractivity contribution is -0.122. The highest BCUT2D eigenvalue weighted by Gasteiger charge is 2.36. The van der Waals surface area contributed by atoms with Crippen molar-refractivity contribution in [1.82, 2.24) is 15.1 Å². The second kappa shape index (κ2) is 8.30. The van der Waals surface area contributed by atoms with E-state index in [0.717, 1.165) is 4.90 Å². The maximum Gasteiger partial charge on any atom is 0.261 e. The van der Waals surface area contributed by atoms with Crippen molar-refractivity contribution < 1.29 is 23.6 Å². The van der Waals surface area contributed by atoms with Crippen LogP contribution >= 0.6 is 0 Å². The lowest BCUT2D eigenvalue weighted by Crippen LogP contribution is -2.42. The van der Waals surface area contributed by atoms with Gasteiger partial charge in [0.25, 0.3) is 17.7 Å². The summed E-state index contributed by atoms with van der Waals surface area (Å²) < 4.78 is 5.22. The Hall–Kier alpha value is -3.42. The number of carbonyl (C=O) groups is 4. The SMILES string of the molecule is CCN(CC(=O)NC(C)C)C(=O)c1ccc2c(c1)C(=O)N(Cc1ccco1)C2=O. The van der Waals surface area contributed by atoms with Gasteiger partial charge >= 0.3 is 0 Å². The molecular weight excluding hydrogens is 374 g/mol. The average molecular weight is 397 g/mol. The summed E-state index contributed by atoms with van der Waals surface area (Å²) in [5.74, 6) is -1.05. The molecular formula is C21H23N3O5. The third kappa shape index (κ3) is 4.21. The molecule has 1 aromatic heterocycles. The third-order valence-corrected chi connectivity index (χ3v) is 4.56. The number of likely N-dealkylation sites (N-methyl/N-ethyl adjacent to an activating group) is 1. The molecule has 152 valence electrons. The number of benzene rings is 1. The summed E-state index contributed by atoms with van der Waals surface area (Å²) in [4.78, 5) is 52.6. The van der Waals surface area contributed by atoms with Crippen LogP contribution in [0.25, 0.3) is 0 Å². The van der Waals surface area contributed by atoms with E-state index in [1.807, 2.05) is 13.8 Å². The van der Waals surface area contributed by atoms with Gasteiger partial charge in [0.05, 0.1) is 30.5 Å². The first-order valence-electron chi connectivity index (χ1n) is 9.43. The van der Waals surface area contributed by atoms with Gasteiger partial charge in [-0.25, -0.2) is 0 Å². The molecule has 29 heavy (non-hydrogen) atoms. The number of nitrogens with one attached hydrogen (secondary N) is 1. The molecule has 0 bridgehead atoms. The standard InChI is InChI=1S/C21H23N3O5/c1-4-23(12-18(25)22-13(2)3)19(26)14-7-8-16-17(10-14)21(28)24(20(16)27)11-15-6-5-9-29-15/h5-10,13H,4,11-12H2,1-3H3,(H,22,25). The van der Waals surface area contributed by atoms with Crippen LogP contribution < -0.4 is 5.32 Å². The van der Waals surface area contributed by atoms with Crippen LogP contribution in [0.5, 0.6) is 0 Å². The van der Waals surface area contributed by atoms with Crippen LogP contribution in [-0.2, 0) is 11.3 Å². The Morgan fingerprint density at radius 1 is 1.14 bits per heavy atom. The van der Waals surface area contributed by atoms with Crippen LogP contribution in [0, 0.1) is 0 Å². The highest BCUT2D eigenvalue weighted by Crippen LogP contribution is 2.26. The fourth-order valence-corrected chi connectivity index (χ4v) is 3.18. The van der Waals surface area contributed by atoms with Crippen LogP contribution in [0.2, 0.25) is 0 Å². The van der Waals surface area contributed by atoms with Gasteiger partial charge < -0.3 is 14.6 Å². The highest BCUT2D eigenvalue weighted by atomic mass is 16.3. The number of nitrogens with zero attached hydrogens (tertiary/aromatic N) is 2. The van der Waals surface area contributed by atoms with Crippen molar-refractivity contribution in [1.29, 1.82) is 0 Å². The van der Waals surface area contributed by atoms with Gasteiger partial charge in [-0.05, 0) is 51.1 Å². The highest BCUT2D eigenvalue weighted by molar-refractivity contribution is 6.22.